The second-order valence-electron chi connectivity index (χ2n) is 10.1. The number of amides is 1. The summed E-state index contributed by atoms with van der Waals surface area (Å²) in [7, 11) is 0. The van der Waals surface area contributed by atoms with Crippen molar-refractivity contribution in [1.29, 1.82) is 0 Å². The van der Waals surface area contributed by atoms with Crippen LogP contribution in [-0.2, 0) is 10.3 Å². The van der Waals surface area contributed by atoms with E-state index in [1.54, 1.807) is 17.0 Å². The molecule has 0 spiro atoms. The van der Waals surface area contributed by atoms with Gasteiger partial charge in [0.1, 0.15) is 11.4 Å². The van der Waals surface area contributed by atoms with E-state index in [1.807, 2.05) is 52.0 Å². The first-order valence-corrected chi connectivity index (χ1v) is 12.5. The Kier molecular flexibility index (Phi) is 7.11. The van der Waals surface area contributed by atoms with Crippen molar-refractivity contribution in [2.75, 3.05) is 18.0 Å². The number of aromatic amines is 1. The highest BCUT2D eigenvalue weighted by Gasteiger charge is 2.42. The number of aromatic nitrogens is 1. The number of nitrogens with zero attached hydrogens (tertiary/aromatic N) is 1. The van der Waals surface area contributed by atoms with Crippen molar-refractivity contribution in [3.05, 3.63) is 70.0 Å². The number of rotatable bonds is 9. The summed E-state index contributed by atoms with van der Waals surface area (Å²) < 4.78 is 5.97. The van der Waals surface area contributed by atoms with Crippen molar-refractivity contribution in [2.45, 2.75) is 64.2 Å². The molecule has 0 radical (unpaired) electrons. The van der Waals surface area contributed by atoms with Gasteiger partial charge in [-0.25, -0.2) is 4.79 Å². The Labute approximate surface area is 210 Å². The van der Waals surface area contributed by atoms with Crippen LogP contribution in [0.25, 0.3) is 10.9 Å². The maximum atomic E-state index is 13.0. The molecule has 1 aliphatic heterocycles. The number of carbonyl (C=O) groups is 1. The van der Waals surface area contributed by atoms with Gasteiger partial charge in [0.25, 0.3) is 0 Å². The van der Waals surface area contributed by atoms with Crippen molar-refractivity contribution in [2.24, 2.45) is 0 Å². The fourth-order valence-electron chi connectivity index (χ4n) is 4.97. The van der Waals surface area contributed by atoms with E-state index in [4.69, 9.17) is 4.74 Å². The third-order valence-electron chi connectivity index (χ3n) is 7.33. The number of aliphatic hydroxyl groups is 1. The number of aromatic hydroxyl groups is 1. The smallest absolute Gasteiger partial charge is 0.415 e. The lowest BCUT2D eigenvalue weighted by Gasteiger charge is -2.42. The number of carbonyl (C=O) groups excluding carboxylic acids is 1. The van der Waals surface area contributed by atoms with Gasteiger partial charge in [-0.05, 0) is 56.9 Å². The molecule has 1 unspecified atom stereocenters. The number of phenols is 1. The molecule has 3 aromatic rings. The molecule has 4 rings (SSSR count). The summed E-state index contributed by atoms with van der Waals surface area (Å²) in [6, 6.07) is 14.0. The molecular formula is C28H35N3O5. The summed E-state index contributed by atoms with van der Waals surface area (Å²) in [6.45, 7) is 8.83. The summed E-state index contributed by atoms with van der Waals surface area (Å²) in [6.07, 6.45) is 0.847. The highest BCUT2D eigenvalue weighted by molar-refractivity contribution is 5.91. The van der Waals surface area contributed by atoms with E-state index in [2.05, 4.69) is 10.3 Å². The zero-order valence-electron chi connectivity index (χ0n) is 21.3. The van der Waals surface area contributed by atoms with E-state index in [9.17, 15) is 19.8 Å². The van der Waals surface area contributed by atoms with Gasteiger partial charge in [-0.2, -0.15) is 0 Å². The van der Waals surface area contributed by atoms with E-state index in [0.29, 0.717) is 42.3 Å². The third kappa shape index (κ3) is 4.83. The van der Waals surface area contributed by atoms with Crippen molar-refractivity contribution >= 4 is 22.7 Å². The quantitative estimate of drug-likeness (QED) is 0.344. The molecule has 1 aliphatic rings. The maximum Gasteiger partial charge on any atom is 0.415 e. The van der Waals surface area contributed by atoms with E-state index < -0.39 is 17.2 Å². The Balaban J connectivity index is 1.46. The van der Waals surface area contributed by atoms with Gasteiger partial charge in [-0.15, -0.1) is 0 Å². The fraction of sp³-hybridized carbons (Fsp3) is 0.429. The topological polar surface area (TPSA) is 115 Å². The second-order valence-corrected chi connectivity index (χ2v) is 10.1. The molecular weight excluding hydrogens is 458 g/mol. The summed E-state index contributed by atoms with van der Waals surface area (Å²) in [5.41, 5.74) is 1.50. The molecule has 1 atom stereocenters. The van der Waals surface area contributed by atoms with E-state index in [-0.39, 0.29) is 23.9 Å². The van der Waals surface area contributed by atoms with Crippen LogP contribution in [0.1, 0.15) is 64.2 Å². The number of anilines is 1. The molecule has 8 heteroatoms. The van der Waals surface area contributed by atoms with Crippen LogP contribution in [0.3, 0.4) is 0 Å². The summed E-state index contributed by atoms with van der Waals surface area (Å²) in [4.78, 5) is 29.0. The number of phenolic OH excluding ortho intramolecular Hbond substituents is 1. The number of hydrogen-bond donors (Lipinski definition) is 4. The van der Waals surface area contributed by atoms with Crippen molar-refractivity contribution in [3.8, 4) is 5.75 Å². The molecule has 2 heterocycles. The second kappa shape index (κ2) is 9.95. The SMILES string of the molecule is CCC1(CC)OC(=O)N(CCC(C)(C)NCC(O)c2ccc(O)c3[nH]c(=O)ccc23)c2ccccc21. The van der Waals surface area contributed by atoms with Crippen LogP contribution >= 0.6 is 0 Å². The molecule has 36 heavy (non-hydrogen) atoms. The fourth-order valence-corrected chi connectivity index (χ4v) is 4.97. The minimum atomic E-state index is -0.867. The number of hydrogen-bond acceptors (Lipinski definition) is 6. The third-order valence-corrected chi connectivity index (χ3v) is 7.33. The van der Waals surface area contributed by atoms with Crippen LogP contribution in [-0.4, -0.2) is 39.9 Å². The summed E-state index contributed by atoms with van der Waals surface area (Å²) in [5, 5.41) is 25.0. The molecule has 0 saturated carbocycles. The summed E-state index contributed by atoms with van der Waals surface area (Å²) in [5.74, 6) is -0.0456. The van der Waals surface area contributed by atoms with Crippen LogP contribution in [0, 0.1) is 0 Å². The van der Waals surface area contributed by atoms with Gasteiger partial charge in [0.15, 0.2) is 0 Å². The first kappa shape index (κ1) is 25.7. The monoisotopic (exact) mass is 493 g/mol. The molecule has 192 valence electrons. The van der Waals surface area contributed by atoms with Crippen LogP contribution in [0.5, 0.6) is 5.75 Å². The lowest BCUT2D eigenvalue weighted by Crippen LogP contribution is -2.49. The molecule has 0 fully saturated rings. The Morgan fingerprint density at radius 3 is 2.53 bits per heavy atom. The van der Waals surface area contributed by atoms with E-state index >= 15 is 0 Å². The average molecular weight is 494 g/mol. The van der Waals surface area contributed by atoms with Gasteiger partial charge in [-0.1, -0.05) is 38.1 Å². The number of cyclic esters (lactones) is 1. The zero-order valence-corrected chi connectivity index (χ0v) is 21.3. The van der Waals surface area contributed by atoms with Gasteiger partial charge < -0.3 is 25.3 Å². The lowest BCUT2D eigenvalue weighted by molar-refractivity contribution is -0.00134. The first-order chi connectivity index (χ1) is 17.1. The normalized spacial score (nSPS) is 16.0. The Bertz CT molecular complexity index is 1310. The van der Waals surface area contributed by atoms with Crippen LogP contribution in [0.2, 0.25) is 0 Å². The predicted molar refractivity (Wildman–Crippen MR) is 140 cm³/mol. The number of aliphatic hydroxyl groups excluding tert-OH is 1. The number of fused-ring (bicyclic) bond motifs is 2. The van der Waals surface area contributed by atoms with Gasteiger partial charge in [-0.3, -0.25) is 9.69 Å². The van der Waals surface area contributed by atoms with Gasteiger partial charge in [0.05, 0.1) is 17.3 Å². The molecule has 2 aromatic carbocycles. The maximum absolute atomic E-state index is 13.0. The number of H-pyrrole nitrogens is 1. The Morgan fingerprint density at radius 2 is 1.81 bits per heavy atom. The Morgan fingerprint density at radius 1 is 1.08 bits per heavy atom. The number of benzene rings is 2. The molecule has 1 aromatic heterocycles. The van der Waals surface area contributed by atoms with Crippen molar-refractivity contribution in [3.63, 3.8) is 0 Å². The van der Waals surface area contributed by atoms with E-state index in [1.165, 1.54) is 12.1 Å². The van der Waals surface area contributed by atoms with Gasteiger partial charge in [0.2, 0.25) is 5.56 Å². The van der Waals surface area contributed by atoms with Crippen molar-refractivity contribution < 1.29 is 19.7 Å². The number of nitrogens with one attached hydrogen (secondary N) is 2. The molecule has 0 bridgehead atoms. The molecule has 4 N–H and O–H groups in total. The highest BCUT2D eigenvalue weighted by atomic mass is 16.6. The molecule has 0 aliphatic carbocycles. The van der Waals surface area contributed by atoms with Crippen LogP contribution in [0.15, 0.2) is 53.3 Å². The first-order valence-electron chi connectivity index (χ1n) is 12.5. The number of pyridine rings is 1. The van der Waals surface area contributed by atoms with Crippen molar-refractivity contribution in [1.82, 2.24) is 10.3 Å². The minimum Gasteiger partial charge on any atom is -0.506 e. The Hall–Kier alpha value is -3.36. The molecule has 8 nitrogen and oxygen atoms in total. The van der Waals surface area contributed by atoms with Gasteiger partial charge in [0, 0.05) is 35.6 Å². The number of para-hydroxylation sites is 1. The molecule has 1 amide bonds. The zero-order chi connectivity index (χ0) is 26.1. The lowest BCUT2D eigenvalue weighted by atomic mass is 9.85. The van der Waals surface area contributed by atoms with Crippen LogP contribution in [0.4, 0.5) is 10.5 Å². The van der Waals surface area contributed by atoms with E-state index in [0.717, 1.165) is 11.3 Å². The highest BCUT2D eigenvalue weighted by Crippen LogP contribution is 2.43. The summed E-state index contributed by atoms with van der Waals surface area (Å²) >= 11 is 0. The predicted octanol–water partition coefficient (Wildman–Crippen LogP) is 4.70. The average Bonchev–Trinajstić information content (AvgIpc) is 2.87. The standard InChI is InChI=1S/C28H35N3O5/c1-5-28(6-2)20-9-7-8-10-21(20)31(26(35)36-28)16-15-27(3,4)29-17-23(33)18-11-13-22(32)25-19(18)12-14-24(34)30-25/h7-14,23,29,32-33H,5-6,15-17H2,1-4H3,(H,30,34). The largest absolute Gasteiger partial charge is 0.506 e. The number of ether oxygens (including phenoxy) is 1. The minimum absolute atomic E-state index is 0.0456. The number of β-amino-alcohol motifs (C(OH)–C–C–N with tert-alkyl or cyclic N) is 1. The molecule has 0 saturated heterocycles. The van der Waals surface area contributed by atoms with Gasteiger partial charge >= 0.3 is 6.09 Å². The van der Waals surface area contributed by atoms with Crippen LogP contribution < -0.4 is 15.8 Å².